The first-order valence-corrected chi connectivity index (χ1v) is 4.92. The number of nitrogens with one attached hydrogen (secondary N) is 1. The number of azide groups is 1. The van der Waals surface area contributed by atoms with Gasteiger partial charge >= 0.3 is 0 Å². The van der Waals surface area contributed by atoms with Crippen molar-refractivity contribution in [1.29, 1.82) is 0 Å². The summed E-state index contributed by atoms with van der Waals surface area (Å²) in [7, 11) is 0. The number of carbonyl (C=O) groups excluding carboxylic acids is 1. The Labute approximate surface area is 101 Å². The molecule has 3 N–H and O–H groups in total. The molecule has 1 amide bonds. The van der Waals surface area contributed by atoms with Gasteiger partial charge in [0.15, 0.2) is 0 Å². The summed E-state index contributed by atoms with van der Waals surface area (Å²) in [5, 5.41) is 16.5. The van der Waals surface area contributed by atoms with Crippen molar-refractivity contribution in [2.75, 3.05) is 13.1 Å². The number of benzene rings is 1. The molecular weight excluding hydrogens is 240 g/mol. The molecule has 0 bridgehead atoms. The minimum absolute atomic E-state index is 0.0691. The minimum atomic E-state index is -0.715. The molecule has 1 aromatic rings. The van der Waals surface area contributed by atoms with Crippen molar-refractivity contribution >= 4 is 17.3 Å². The van der Waals surface area contributed by atoms with Crippen molar-refractivity contribution in [3.63, 3.8) is 0 Å². The molecule has 0 radical (unpaired) electrons. The van der Waals surface area contributed by atoms with Crippen LogP contribution in [-0.2, 0) is 0 Å². The lowest BCUT2D eigenvalue weighted by molar-refractivity contribution is -0.385. The topological polar surface area (TPSA) is 147 Å². The number of amides is 1. The number of hydrogen-bond acceptors (Lipinski definition) is 5. The van der Waals surface area contributed by atoms with Crippen molar-refractivity contribution in [2.45, 2.75) is 0 Å². The van der Waals surface area contributed by atoms with Gasteiger partial charge in [-0.1, -0.05) is 11.2 Å². The fraction of sp³-hybridized carbons (Fsp3) is 0.222. The second-order valence-electron chi connectivity index (χ2n) is 3.19. The normalized spacial score (nSPS) is 9.39. The lowest BCUT2D eigenvalue weighted by Gasteiger charge is -2.04. The number of nitrogens with zero attached hydrogens (tertiary/aromatic N) is 4. The number of nitro benzene ring substituents is 1. The van der Waals surface area contributed by atoms with Gasteiger partial charge in [-0.3, -0.25) is 14.9 Å². The van der Waals surface area contributed by atoms with Gasteiger partial charge < -0.3 is 11.1 Å². The van der Waals surface area contributed by atoms with Crippen molar-refractivity contribution in [1.82, 2.24) is 5.32 Å². The highest BCUT2D eigenvalue weighted by Crippen LogP contribution is 2.25. The van der Waals surface area contributed by atoms with Gasteiger partial charge in [-0.2, -0.15) is 0 Å². The summed E-state index contributed by atoms with van der Waals surface area (Å²) in [4.78, 5) is 24.2. The molecule has 0 fully saturated rings. The van der Waals surface area contributed by atoms with Crippen LogP contribution in [0.1, 0.15) is 10.4 Å². The highest BCUT2D eigenvalue weighted by molar-refractivity contribution is 5.98. The number of nitrogens with two attached hydrogens (primary N) is 1. The van der Waals surface area contributed by atoms with Gasteiger partial charge in [0, 0.05) is 29.8 Å². The molecule has 0 saturated heterocycles. The Kier molecular flexibility index (Phi) is 4.61. The molecule has 0 aliphatic carbocycles. The average Bonchev–Trinajstić information content (AvgIpc) is 2.36. The van der Waals surface area contributed by atoms with Crippen molar-refractivity contribution in [3.05, 3.63) is 44.3 Å². The van der Waals surface area contributed by atoms with Crippen LogP contribution in [-0.4, -0.2) is 23.9 Å². The Morgan fingerprint density at radius 1 is 1.61 bits per heavy atom. The Hall–Kier alpha value is -2.64. The smallest absolute Gasteiger partial charge is 0.282 e. The third kappa shape index (κ3) is 3.17. The molecule has 0 spiro atoms. The van der Waals surface area contributed by atoms with Crippen LogP contribution in [0, 0.1) is 10.1 Å². The van der Waals surface area contributed by atoms with E-state index >= 15 is 0 Å². The van der Waals surface area contributed by atoms with E-state index in [0.29, 0.717) is 0 Å². The van der Waals surface area contributed by atoms with E-state index in [4.69, 9.17) is 11.3 Å². The van der Waals surface area contributed by atoms with Gasteiger partial charge in [-0.05, 0) is 11.6 Å². The Balaban J connectivity index is 3.15. The Morgan fingerprint density at radius 2 is 2.33 bits per heavy atom. The largest absolute Gasteiger partial charge is 0.351 e. The first-order chi connectivity index (χ1) is 8.60. The van der Waals surface area contributed by atoms with E-state index in [0.717, 1.165) is 6.07 Å². The highest BCUT2D eigenvalue weighted by Gasteiger charge is 2.19. The van der Waals surface area contributed by atoms with Crippen LogP contribution in [0.3, 0.4) is 0 Å². The highest BCUT2D eigenvalue weighted by atomic mass is 16.6. The van der Waals surface area contributed by atoms with Gasteiger partial charge in [0.2, 0.25) is 0 Å². The first-order valence-electron chi connectivity index (χ1n) is 4.92. The van der Waals surface area contributed by atoms with Crippen molar-refractivity contribution in [2.24, 2.45) is 10.8 Å². The molecule has 0 aromatic heterocycles. The summed E-state index contributed by atoms with van der Waals surface area (Å²) in [5.74, 6) is -0.598. The van der Waals surface area contributed by atoms with Crippen molar-refractivity contribution < 1.29 is 9.72 Å². The zero-order valence-electron chi connectivity index (χ0n) is 9.24. The number of nitro groups is 1. The summed E-state index contributed by atoms with van der Waals surface area (Å²) in [6.45, 7) is 0.449. The molecule has 1 aromatic carbocycles. The molecule has 18 heavy (non-hydrogen) atoms. The van der Waals surface area contributed by atoms with E-state index in [2.05, 4.69) is 15.3 Å². The fourth-order valence-electron chi connectivity index (χ4n) is 1.26. The van der Waals surface area contributed by atoms with Gasteiger partial charge in [-0.15, -0.1) is 0 Å². The van der Waals surface area contributed by atoms with E-state index in [1.54, 1.807) is 0 Å². The second kappa shape index (κ2) is 6.18. The molecule has 9 nitrogen and oxygen atoms in total. The third-order valence-electron chi connectivity index (χ3n) is 2.01. The lowest BCUT2D eigenvalue weighted by atomic mass is 10.1. The fourth-order valence-corrected chi connectivity index (χ4v) is 1.26. The van der Waals surface area contributed by atoms with E-state index < -0.39 is 16.5 Å². The standard InChI is InChI=1S/C9H10N6O3/c10-3-4-12-9(16)7-2-1-6(13-14-11)5-8(7)15(17)18/h1-2,5H,3-4,10H2,(H,12,16). The molecule has 0 unspecified atom stereocenters. The van der Waals surface area contributed by atoms with Gasteiger partial charge in [0.25, 0.3) is 11.6 Å². The van der Waals surface area contributed by atoms with E-state index in [-0.39, 0.29) is 24.3 Å². The van der Waals surface area contributed by atoms with Crippen molar-refractivity contribution in [3.8, 4) is 0 Å². The molecule has 1 rings (SSSR count). The quantitative estimate of drug-likeness (QED) is 0.266. The number of hydrogen-bond donors (Lipinski definition) is 2. The molecule has 0 aliphatic rings. The van der Waals surface area contributed by atoms with Crippen LogP contribution in [0.5, 0.6) is 0 Å². The molecule has 9 heteroatoms. The van der Waals surface area contributed by atoms with E-state index in [9.17, 15) is 14.9 Å². The van der Waals surface area contributed by atoms with Gasteiger partial charge in [0.05, 0.1) is 4.92 Å². The summed E-state index contributed by atoms with van der Waals surface area (Å²) in [6.07, 6.45) is 0. The number of carbonyl (C=O) groups is 1. The molecular formula is C9H10N6O3. The maximum absolute atomic E-state index is 11.6. The predicted octanol–water partition coefficient (Wildman–Crippen LogP) is 1.23. The SMILES string of the molecule is [N-]=[N+]=Nc1ccc(C(=O)NCCN)c([N+](=O)[O-])c1. The molecule has 0 heterocycles. The van der Waals surface area contributed by atoms with Crippen LogP contribution in [0.25, 0.3) is 10.4 Å². The molecule has 94 valence electrons. The van der Waals surface area contributed by atoms with Crippen LogP contribution in [0.4, 0.5) is 11.4 Å². The molecule has 0 aliphatic heterocycles. The van der Waals surface area contributed by atoms with E-state index in [1.807, 2.05) is 0 Å². The minimum Gasteiger partial charge on any atom is -0.351 e. The van der Waals surface area contributed by atoms with Gasteiger partial charge in [-0.25, -0.2) is 0 Å². The third-order valence-corrected chi connectivity index (χ3v) is 2.01. The first kappa shape index (κ1) is 13.4. The van der Waals surface area contributed by atoms with Crippen LogP contribution < -0.4 is 11.1 Å². The van der Waals surface area contributed by atoms with Crippen LogP contribution >= 0.6 is 0 Å². The maximum atomic E-state index is 11.6. The zero-order valence-corrected chi connectivity index (χ0v) is 9.24. The summed E-state index contributed by atoms with van der Waals surface area (Å²) >= 11 is 0. The monoisotopic (exact) mass is 250 g/mol. The Morgan fingerprint density at radius 3 is 2.89 bits per heavy atom. The number of rotatable bonds is 5. The molecule has 0 saturated carbocycles. The summed E-state index contributed by atoms with van der Waals surface area (Å²) in [5.41, 5.74) is 13.0. The summed E-state index contributed by atoms with van der Waals surface area (Å²) < 4.78 is 0. The Bertz CT molecular complexity index is 523. The maximum Gasteiger partial charge on any atom is 0.282 e. The second-order valence-corrected chi connectivity index (χ2v) is 3.19. The van der Waals surface area contributed by atoms with Crippen LogP contribution in [0.2, 0.25) is 0 Å². The van der Waals surface area contributed by atoms with Crippen LogP contribution in [0.15, 0.2) is 23.3 Å². The average molecular weight is 250 g/mol. The lowest BCUT2D eigenvalue weighted by Crippen LogP contribution is -2.29. The summed E-state index contributed by atoms with van der Waals surface area (Å²) in [6, 6.07) is 3.59. The molecule has 0 atom stereocenters. The predicted molar refractivity (Wildman–Crippen MR) is 63.3 cm³/mol. The zero-order chi connectivity index (χ0) is 13.5. The van der Waals surface area contributed by atoms with Gasteiger partial charge in [0.1, 0.15) is 5.56 Å². The van der Waals surface area contributed by atoms with E-state index in [1.165, 1.54) is 12.1 Å².